The molecule has 0 unspecified atom stereocenters. The van der Waals surface area contributed by atoms with E-state index in [0.717, 1.165) is 0 Å². The minimum atomic E-state index is 1.30. The van der Waals surface area contributed by atoms with Gasteiger partial charge in [-0.2, -0.15) is 0 Å². The number of thiophene rings is 3. The third-order valence-electron chi connectivity index (χ3n) is 10.5. The van der Waals surface area contributed by atoms with E-state index in [2.05, 4.69) is 168 Å². The second-order valence-corrected chi connectivity index (χ2v) is 16.0. The predicted molar refractivity (Wildman–Crippen MR) is 227 cm³/mol. The van der Waals surface area contributed by atoms with Crippen LogP contribution in [0.3, 0.4) is 0 Å². The molecule has 0 aliphatic carbocycles. The van der Waals surface area contributed by atoms with Crippen LogP contribution in [0.1, 0.15) is 0 Å². The van der Waals surface area contributed by atoms with Crippen LogP contribution in [0, 0.1) is 0 Å². The van der Waals surface area contributed by atoms with Gasteiger partial charge >= 0.3 is 0 Å². The van der Waals surface area contributed by atoms with E-state index < -0.39 is 0 Å². The first kappa shape index (κ1) is 29.2. The van der Waals surface area contributed by atoms with E-state index in [1.807, 2.05) is 34.0 Å². The van der Waals surface area contributed by atoms with Gasteiger partial charge in [-0.05, 0) is 88.7 Å². The van der Waals surface area contributed by atoms with Crippen LogP contribution in [-0.4, -0.2) is 0 Å². The van der Waals surface area contributed by atoms with Gasteiger partial charge in [0.25, 0.3) is 0 Å². The van der Waals surface area contributed by atoms with Crippen molar-refractivity contribution in [2.75, 3.05) is 0 Å². The lowest BCUT2D eigenvalue weighted by Gasteiger charge is -2.18. The van der Waals surface area contributed by atoms with Gasteiger partial charge in [-0.25, -0.2) is 0 Å². The Balaban J connectivity index is 1.25. The molecule has 0 fully saturated rings. The van der Waals surface area contributed by atoms with Crippen LogP contribution >= 0.6 is 34.0 Å². The van der Waals surface area contributed by atoms with Gasteiger partial charge in [-0.1, -0.05) is 140 Å². The average Bonchev–Trinajstić information content (AvgIpc) is 3.98. The van der Waals surface area contributed by atoms with Crippen molar-refractivity contribution >= 4 is 97.3 Å². The second kappa shape index (κ2) is 11.5. The summed E-state index contributed by atoms with van der Waals surface area (Å²) in [5.74, 6) is 0. The zero-order chi connectivity index (χ0) is 33.5. The maximum atomic E-state index is 2.35. The number of rotatable bonds is 4. The summed E-state index contributed by atoms with van der Waals surface area (Å²) in [6, 6.07) is 58.7. The van der Waals surface area contributed by atoms with Gasteiger partial charge in [-0.3, -0.25) is 0 Å². The number of hydrogen-bond donors (Lipinski definition) is 0. The van der Waals surface area contributed by atoms with Gasteiger partial charge in [0.05, 0.1) is 0 Å². The molecule has 0 spiro atoms. The molecule has 0 aliphatic heterocycles. The Bertz CT molecular complexity index is 3010. The number of hydrogen-bond acceptors (Lipinski definition) is 3. The third-order valence-corrected chi connectivity index (χ3v) is 13.4. The summed E-state index contributed by atoms with van der Waals surface area (Å²) in [6.07, 6.45) is 0. The fourth-order valence-electron chi connectivity index (χ4n) is 8.46. The summed E-state index contributed by atoms with van der Waals surface area (Å²) in [5, 5.41) is 17.4. The molecule has 0 saturated carbocycles. The number of benzene rings is 8. The molecular formula is C48H28S3. The molecule has 0 radical (unpaired) electrons. The van der Waals surface area contributed by atoms with Crippen LogP contribution in [0.25, 0.3) is 106 Å². The Morgan fingerprint density at radius 3 is 1.14 bits per heavy atom. The van der Waals surface area contributed by atoms with Crippen molar-refractivity contribution in [1.29, 1.82) is 0 Å². The van der Waals surface area contributed by atoms with Crippen LogP contribution < -0.4 is 0 Å². The Hall–Kier alpha value is -5.58. The molecule has 0 bridgehead atoms. The van der Waals surface area contributed by atoms with Gasteiger partial charge in [0, 0.05) is 46.6 Å². The van der Waals surface area contributed by atoms with Gasteiger partial charge in [-0.15, -0.1) is 34.0 Å². The Labute approximate surface area is 307 Å². The molecule has 8 aromatic carbocycles. The van der Waals surface area contributed by atoms with Crippen LogP contribution in [0.2, 0.25) is 0 Å². The predicted octanol–water partition coefficient (Wildman–Crippen LogP) is 15.5. The quantitative estimate of drug-likeness (QED) is 0.160. The van der Waals surface area contributed by atoms with Crippen LogP contribution in [0.4, 0.5) is 0 Å². The number of fused-ring (bicyclic) bond motifs is 7. The first-order valence-electron chi connectivity index (χ1n) is 17.2. The summed E-state index contributed by atoms with van der Waals surface area (Å²) >= 11 is 5.56. The van der Waals surface area contributed by atoms with E-state index in [4.69, 9.17) is 0 Å². The molecule has 0 aliphatic rings. The normalized spacial score (nSPS) is 11.9. The zero-order valence-electron chi connectivity index (χ0n) is 27.4. The SMILES string of the molecule is c1csc(-c2c3ccccc3c(-c3cccc4c3sc3cccc(-c5c6ccccc6c(-c6cccs6)c6ccccc56)c34)c3ccccc23)c1. The van der Waals surface area contributed by atoms with E-state index in [0.29, 0.717) is 0 Å². The molecule has 11 aromatic rings. The molecule has 3 heterocycles. The van der Waals surface area contributed by atoms with E-state index in [-0.39, 0.29) is 0 Å². The van der Waals surface area contributed by atoms with Crippen molar-refractivity contribution < 1.29 is 0 Å². The average molecular weight is 701 g/mol. The fraction of sp³-hybridized carbons (Fsp3) is 0. The molecule has 3 aromatic heterocycles. The molecule has 0 N–H and O–H groups in total. The van der Waals surface area contributed by atoms with Gasteiger partial charge < -0.3 is 0 Å². The lowest BCUT2D eigenvalue weighted by atomic mass is 9.86. The van der Waals surface area contributed by atoms with Crippen molar-refractivity contribution in [3.8, 4) is 43.1 Å². The lowest BCUT2D eigenvalue weighted by molar-refractivity contribution is 1.72. The van der Waals surface area contributed by atoms with Crippen molar-refractivity contribution in [1.82, 2.24) is 0 Å². The molecule has 238 valence electrons. The highest BCUT2D eigenvalue weighted by Gasteiger charge is 2.23. The Kier molecular flexibility index (Phi) is 6.57. The third kappa shape index (κ3) is 4.30. The van der Waals surface area contributed by atoms with E-state index >= 15 is 0 Å². The van der Waals surface area contributed by atoms with Gasteiger partial charge in [0.2, 0.25) is 0 Å². The summed E-state index contributed by atoms with van der Waals surface area (Å²) < 4.78 is 2.65. The molecule has 0 saturated heterocycles. The standard InChI is InChI=1S/C48H28S3/c1-5-17-33-29(13-1)43(30-14-2-6-18-34(30)45(33)40-25-11-27-49-40)37-21-10-24-42-47(37)39-23-9-22-38(48(39)51-42)44-31-15-3-7-19-35(31)46(41-26-12-28-50-41)36-20-8-4-16-32(36)44/h1-28H. The Morgan fingerprint density at radius 2 is 0.686 bits per heavy atom. The van der Waals surface area contributed by atoms with Crippen LogP contribution in [0.15, 0.2) is 168 Å². The first-order valence-corrected chi connectivity index (χ1v) is 19.8. The molecule has 11 rings (SSSR count). The van der Waals surface area contributed by atoms with Crippen LogP contribution in [0.5, 0.6) is 0 Å². The maximum absolute atomic E-state index is 2.35. The van der Waals surface area contributed by atoms with Crippen molar-refractivity contribution in [3.05, 3.63) is 168 Å². The highest BCUT2D eigenvalue weighted by Crippen LogP contribution is 2.51. The zero-order valence-corrected chi connectivity index (χ0v) is 29.8. The van der Waals surface area contributed by atoms with Crippen molar-refractivity contribution in [2.45, 2.75) is 0 Å². The summed E-state index contributed by atoms with van der Waals surface area (Å²) in [7, 11) is 0. The lowest BCUT2D eigenvalue weighted by Crippen LogP contribution is -1.90. The fourth-order valence-corrected chi connectivity index (χ4v) is 11.3. The second-order valence-electron chi connectivity index (χ2n) is 13.1. The Morgan fingerprint density at radius 1 is 0.294 bits per heavy atom. The summed E-state index contributed by atoms with van der Waals surface area (Å²) in [6.45, 7) is 0. The molecule has 0 nitrogen and oxygen atoms in total. The smallest absolute Gasteiger partial charge is 0.0434 e. The first-order chi connectivity index (χ1) is 25.3. The van der Waals surface area contributed by atoms with Gasteiger partial charge in [0.15, 0.2) is 0 Å². The maximum Gasteiger partial charge on any atom is 0.0434 e. The molecule has 51 heavy (non-hydrogen) atoms. The van der Waals surface area contributed by atoms with Crippen molar-refractivity contribution in [3.63, 3.8) is 0 Å². The summed E-state index contributed by atoms with van der Waals surface area (Å²) in [4.78, 5) is 2.62. The topological polar surface area (TPSA) is 0 Å². The van der Waals surface area contributed by atoms with Crippen molar-refractivity contribution in [2.24, 2.45) is 0 Å². The van der Waals surface area contributed by atoms with Crippen LogP contribution in [-0.2, 0) is 0 Å². The van der Waals surface area contributed by atoms with E-state index in [9.17, 15) is 0 Å². The van der Waals surface area contributed by atoms with Gasteiger partial charge in [0.1, 0.15) is 0 Å². The largest absolute Gasteiger partial charge is 0.144 e. The highest BCUT2D eigenvalue weighted by atomic mass is 32.1. The minimum Gasteiger partial charge on any atom is -0.144 e. The molecule has 3 heteroatoms. The van der Waals surface area contributed by atoms with E-state index in [1.54, 1.807) is 0 Å². The molecule has 0 atom stereocenters. The minimum absolute atomic E-state index is 1.30. The van der Waals surface area contributed by atoms with E-state index in [1.165, 1.54) is 106 Å². The highest BCUT2D eigenvalue weighted by molar-refractivity contribution is 7.26. The summed E-state index contributed by atoms with van der Waals surface area (Å²) in [5.41, 5.74) is 7.88. The molecule has 0 amide bonds. The molecular weight excluding hydrogens is 673 g/mol. The monoisotopic (exact) mass is 700 g/mol.